The molecule has 2 bridgehead atoms. The zero-order chi connectivity index (χ0) is 19.8. The van der Waals surface area contributed by atoms with E-state index in [4.69, 9.17) is 11.1 Å². The Morgan fingerprint density at radius 1 is 1.11 bits per heavy atom. The van der Waals surface area contributed by atoms with Gasteiger partial charge in [-0.3, -0.25) is 10.2 Å². The van der Waals surface area contributed by atoms with E-state index in [1.807, 2.05) is 6.07 Å². The molecule has 2 aliphatic heterocycles. The van der Waals surface area contributed by atoms with Gasteiger partial charge in [-0.15, -0.1) is 0 Å². The third-order valence-electron chi connectivity index (χ3n) is 6.45. The Hall–Kier alpha value is -2.53. The van der Waals surface area contributed by atoms with Crippen LogP contribution in [0.3, 0.4) is 0 Å². The number of nitrogens with zero attached hydrogens (tertiary/aromatic N) is 1. The highest BCUT2D eigenvalue weighted by Gasteiger charge is 2.39. The smallest absolute Gasteiger partial charge is 0.181 e. The maximum atomic E-state index is 13.2. The van der Waals surface area contributed by atoms with Crippen LogP contribution in [0.4, 0.5) is 10.1 Å². The molecule has 0 radical (unpaired) electrons. The van der Waals surface area contributed by atoms with Gasteiger partial charge in [-0.05, 0) is 74.0 Å². The predicted octanol–water partition coefficient (Wildman–Crippen LogP) is 4.27. The molecular formula is C23H26FN3O. The molecule has 5 heteroatoms. The molecule has 0 spiro atoms. The first kappa shape index (κ1) is 18.8. The summed E-state index contributed by atoms with van der Waals surface area (Å²) >= 11 is 0. The predicted molar refractivity (Wildman–Crippen MR) is 110 cm³/mol. The number of nitrogens with two attached hydrogens (primary N) is 1. The van der Waals surface area contributed by atoms with Gasteiger partial charge in [-0.1, -0.05) is 18.2 Å². The summed E-state index contributed by atoms with van der Waals surface area (Å²) in [5, 5.41) is 8.44. The number of fused-ring (bicyclic) bond motifs is 2. The Balaban J connectivity index is 1.50. The maximum absolute atomic E-state index is 13.2. The fourth-order valence-electron chi connectivity index (χ4n) is 4.80. The van der Waals surface area contributed by atoms with Crippen LogP contribution in [0, 0.1) is 17.1 Å². The Kier molecular flexibility index (Phi) is 5.02. The van der Waals surface area contributed by atoms with Crippen molar-refractivity contribution in [3.05, 3.63) is 53.8 Å². The number of benzene rings is 2. The third-order valence-corrected chi connectivity index (χ3v) is 6.45. The first-order valence-corrected chi connectivity index (χ1v) is 9.92. The molecular weight excluding hydrogens is 353 g/mol. The van der Waals surface area contributed by atoms with Crippen LogP contribution in [0.25, 0.3) is 11.1 Å². The van der Waals surface area contributed by atoms with Gasteiger partial charge in [0.25, 0.3) is 0 Å². The molecule has 0 aromatic heterocycles. The molecule has 2 heterocycles. The molecule has 2 unspecified atom stereocenters. The molecule has 2 saturated heterocycles. The number of Topliss-reactive ketones (excluding diaryl/α,β-unsaturated/α-hetero) is 1. The average Bonchev–Trinajstić information content (AvgIpc) is 2.89. The van der Waals surface area contributed by atoms with Crippen LogP contribution < -0.4 is 5.73 Å². The average molecular weight is 379 g/mol. The van der Waals surface area contributed by atoms with Crippen LogP contribution in [0.15, 0.2) is 42.5 Å². The van der Waals surface area contributed by atoms with Gasteiger partial charge in [-0.25, -0.2) is 4.39 Å². The van der Waals surface area contributed by atoms with E-state index >= 15 is 0 Å². The Morgan fingerprint density at radius 2 is 1.71 bits per heavy atom. The molecule has 2 atom stereocenters. The van der Waals surface area contributed by atoms with Gasteiger partial charge in [-0.2, -0.15) is 0 Å². The van der Waals surface area contributed by atoms with Crippen LogP contribution in [-0.4, -0.2) is 35.5 Å². The monoisotopic (exact) mass is 379 g/mol. The molecule has 2 aromatic carbocycles. The largest absolute Gasteiger partial charge is 0.398 e. The zero-order valence-corrected chi connectivity index (χ0v) is 16.1. The second-order valence-electron chi connectivity index (χ2n) is 8.20. The number of halogens is 1. The van der Waals surface area contributed by atoms with Crippen molar-refractivity contribution in [2.24, 2.45) is 5.92 Å². The summed E-state index contributed by atoms with van der Waals surface area (Å²) < 4.78 is 13.2. The number of carbonyl (C=O) groups is 1. The highest BCUT2D eigenvalue weighted by atomic mass is 19.1. The molecule has 0 aliphatic carbocycles. The topological polar surface area (TPSA) is 70.2 Å². The lowest BCUT2D eigenvalue weighted by Gasteiger charge is -2.36. The summed E-state index contributed by atoms with van der Waals surface area (Å²) in [6, 6.07) is 12.6. The normalized spacial score (nSPS) is 24.3. The van der Waals surface area contributed by atoms with Crippen LogP contribution in [0.5, 0.6) is 0 Å². The fraction of sp³-hybridized carbons (Fsp3) is 0.391. The van der Waals surface area contributed by atoms with E-state index < -0.39 is 0 Å². The van der Waals surface area contributed by atoms with E-state index in [1.165, 1.54) is 25.0 Å². The lowest BCUT2D eigenvalue weighted by molar-refractivity contribution is -0.114. The van der Waals surface area contributed by atoms with Gasteiger partial charge < -0.3 is 10.6 Å². The number of nitrogens with one attached hydrogen (secondary N) is 1. The third kappa shape index (κ3) is 3.59. The van der Waals surface area contributed by atoms with Gasteiger partial charge in [0, 0.05) is 29.8 Å². The Bertz CT molecular complexity index is 895. The minimum absolute atomic E-state index is 0.0206. The Labute approximate surface area is 165 Å². The maximum Gasteiger partial charge on any atom is 0.181 e. The van der Waals surface area contributed by atoms with Crippen LogP contribution in [0.2, 0.25) is 0 Å². The van der Waals surface area contributed by atoms with Crippen molar-refractivity contribution in [3.63, 3.8) is 0 Å². The molecule has 2 fully saturated rings. The van der Waals surface area contributed by atoms with Gasteiger partial charge in [0.15, 0.2) is 5.78 Å². The minimum Gasteiger partial charge on any atom is -0.398 e. The first-order chi connectivity index (χ1) is 13.4. The second kappa shape index (κ2) is 7.47. The first-order valence-electron chi connectivity index (χ1n) is 9.92. The quantitative estimate of drug-likeness (QED) is 0.602. The van der Waals surface area contributed by atoms with E-state index in [-0.39, 0.29) is 17.3 Å². The number of hydrogen-bond acceptors (Lipinski definition) is 4. The summed E-state index contributed by atoms with van der Waals surface area (Å²) in [5.74, 6) is -0.0885. The van der Waals surface area contributed by atoms with Crippen molar-refractivity contribution in [2.45, 2.75) is 44.2 Å². The number of carbonyl (C=O) groups excluding carboxylic acids is 1. The summed E-state index contributed by atoms with van der Waals surface area (Å²) in [6.07, 6.45) is 4.93. The van der Waals surface area contributed by atoms with E-state index in [9.17, 15) is 9.18 Å². The van der Waals surface area contributed by atoms with E-state index in [1.54, 1.807) is 24.3 Å². The zero-order valence-electron chi connectivity index (χ0n) is 16.1. The molecule has 28 heavy (non-hydrogen) atoms. The summed E-state index contributed by atoms with van der Waals surface area (Å²) in [5.41, 5.74) is 8.59. The lowest BCUT2D eigenvalue weighted by Crippen LogP contribution is -2.40. The van der Waals surface area contributed by atoms with Crippen molar-refractivity contribution < 1.29 is 9.18 Å². The van der Waals surface area contributed by atoms with Crippen molar-refractivity contribution >= 4 is 17.2 Å². The molecule has 0 amide bonds. The van der Waals surface area contributed by atoms with Crippen LogP contribution >= 0.6 is 0 Å². The minimum atomic E-state index is -0.297. The number of ketones is 1. The standard InChI is InChI=1S/C23H26FN3O/c1-27-18-7-8-19(27)11-14(10-18)12-22(28)23(26)20-13-16(4-9-21(20)25)15-2-5-17(24)6-3-15/h2-6,9,13-14,18-19,26H,7-8,10-12,25H2,1H3. The van der Waals surface area contributed by atoms with Crippen molar-refractivity contribution in [1.29, 1.82) is 5.41 Å². The molecule has 2 aliphatic rings. The molecule has 3 N–H and O–H groups in total. The van der Waals surface area contributed by atoms with Crippen LogP contribution in [0.1, 0.15) is 37.7 Å². The molecule has 4 rings (SSSR count). The molecule has 2 aromatic rings. The van der Waals surface area contributed by atoms with Gasteiger partial charge in [0.05, 0.1) is 0 Å². The number of hydrogen-bond donors (Lipinski definition) is 2. The summed E-state index contributed by atoms with van der Waals surface area (Å²) in [4.78, 5) is 15.3. The molecule has 0 saturated carbocycles. The van der Waals surface area contributed by atoms with Crippen molar-refractivity contribution in [3.8, 4) is 11.1 Å². The lowest BCUT2D eigenvalue weighted by atomic mass is 9.85. The number of nitrogen functional groups attached to an aromatic ring is 1. The van der Waals surface area contributed by atoms with E-state index in [2.05, 4.69) is 11.9 Å². The van der Waals surface area contributed by atoms with E-state index in [0.717, 1.165) is 24.0 Å². The van der Waals surface area contributed by atoms with Gasteiger partial charge in [0.1, 0.15) is 11.5 Å². The SMILES string of the molecule is CN1C2CCC1CC(CC(=O)C(=N)c1cc(-c3ccc(F)cc3)ccc1N)C2. The summed E-state index contributed by atoms with van der Waals surface area (Å²) in [7, 11) is 2.18. The molecule has 4 nitrogen and oxygen atoms in total. The summed E-state index contributed by atoms with van der Waals surface area (Å²) in [6.45, 7) is 0. The van der Waals surface area contributed by atoms with Gasteiger partial charge >= 0.3 is 0 Å². The second-order valence-corrected chi connectivity index (χ2v) is 8.20. The Morgan fingerprint density at radius 3 is 2.36 bits per heavy atom. The number of anilines is 1. The highest BCUT2D eigenvalue weighted by molar-refractivity contribution is 6.46. The highest BCUT2D eigenvalue weighted by Crippen LogP contribution is 2.39. The van der Waals surface area contributed by atoms with E-state index in [0.29, 0.717) is 35.7 Å². The van der Waals surface area contributed by atoms with Crippen LogP contribution in [-0.2, 0) is 4.79 Å². The number of rotatable bonds is 5. The van der Waals surface area contributed by atoms with Gasteiger partial charge in [0.2, 0.25) is 0 Å². The number of piperidine rings is 1. The van der Waals surface area contributed by atoms with Crippen molar-refractivity contribution in [1.82, 2.24) is 4.90 Å². The fourth-order valence-corrected chi connectivity index (χ4v) is 4.80. The van der Waals surface area contributed by atoms with Crippen molar-refractivity contribution in [2.75, 3.05) is 12.8 Å². The molecule has 146 valence electrons.